The Labute approximate surface area is 155 Å². The smallest absolute Gasteiger partial charge is 0.211 e. The van der Waals surface area contributed by atoms with Crippen molar-refractivity contribution in [3.05, 3.63) is 41.2 Å². The van der Waals surface area contributed by atoms with Crippen molar-refractivity contribution < 1.29 is 4.79 Å². The van der Waals surface area contributed by atoms with E-state index in [2.05, 4.69) is 12.1 Å². The molecule has 26 heavy (non-hydrogen) atoms. The molecule has 1 saturated carbocycles. The van der Waals surface area contributed by atoms with Crippen LogP contribution in [0.4, 0.5) is 0 Å². The molecule has 2 aromatic heterocycles. The molecule has 1 atom stereocenters. The van der Waals surface area contributed by atoms with E-state index in [1.165, 1.54) is 0 Å². The Kier molecular flexibility index (Phi) is 3.17. The van der Waals surface area contributed by atoms with Crippen molar-refractivity contribution in [3.8, 4) is 11.2 Å². The lowest BCUT2D eigenvalue weighted by atomic mass is 9.68. The number of thiazole rings is 1. The third-order valence-electron chi connectivity index (χ3n) is 5.48. The lowest BCUT2D eigenvalue weighted by Crippen LogP contribution is -2.38. The Balaban J connectivity index is 1.74. The number of carbonyl (C=O) groups is 1. The number of Topliss-reactive ketones (excluding diaryl/α,β-unsaturated/α-hetero) is 1. The standard InChI is InChI=1S/C20H18N4OS/c1-20(2)9-14-16(18(25)12(20)10-21)17(11-7-8-11)23-24(14)19-22-13-5-3-4-6-15(13)26-19/h3-6,11-12H,7-9H2,1-2H3. The van der Waals surface area contributed by atoms with Gasteiger partial charge in [-0.15, -0.1) is 0 Å². The first-order valence-corrected chi connectivity index (χ1v) is 9.73. The minimum Gasteiger partial charge on any atom is -0.293 e. The van der Waals surface area contributed by atoms with E-state index in [1.54, 1.807) is 11.3 Å². The van der Waals surface area contributed by atoms with Crippen LogP contribution in [0.5, 0.6) is 0 Å². The van der Waals surface area contributed by atoms with E-state index in [4.69, 9.17) is 10.1 Å². The maximum Gasteiger partial charge on any atom is 0.211 e. The zero-order valence-corrected chi connectivity index (χ0v) is 15.5. The van der Waals surface area contributed by atoms with Gasteiger partial charge in [0.1, 0.15) is 5.92 Å². The molecule has 3 aromatic rings. The van der Waals surface area contributed by atoms with E-state index in [9.17, 15) is 10.1 Å². The number of ketones is 1. The number of fused-ring (bicyclic) bond motifs is 2. The van der Waals surface area contributed by atoms with Gasteiger partial charge in [-0.2, -0.15) is 10.4 Å². The molecule has 1 fully saturated rings. The number of nitrogens with zero attached hydrogens (tertiary/aromatic N) is 4. The fourth-order valence-electron chi connectivity index (χ4n) is 3.92. The highest BCUT2D eigenvalue weighted by atomic mass is 32.1. The molecule has 5 nitrogen and oxygen atoms in total. The average molecular weight is 362 g/mol. The Bertz CT molecular complexity index is 1060. The van der Waals surface area contributed by atoms with Crippen molar-refractivity contribution in [2.24, 2.45) is 11.3 Å². The van der Waals surface area contributed by atoms with Gasteiger partial charge in [0.25, 0.3) is 0 Å². The predicted molar refractivity (Wildman–Crippen MR) is 99.6 cm³/mol. The van der Waals surface area contributed by atoms with Crippen molar-refractivity contribution in [1.82, 2.24) is 14.8 Å². The highest BCUT2D eigenvalue weighted by molar-refractivity contribution is 7.20. The lowest BCUT2D eigenvalue weighted by molar-refractivity contribution is 0.0833. The molecule has 2 aliphatic carbocycles. The first-order chi connectivity index (χ1) is 12.5. The van der Waals surface area contributed by atoms with Gasteiger partial charge < -0.3 is 0 Å². The van der Waals surface area contributed by atoms with E-state index in [-0.39, 0.29) is 5.78 Å². The molecule has 1 unspecified atom stereocenters. The summed E-state index contributed by atoms with van der Waals surface area (Å²) in [6, 6.07) is 10.3. The van der Waals surface area contributed by atoms with Crippen LogP contribution in [0.1, 0.15) is 54.4 Å². The van der Waals surface area contributed by atoms with Crippen molar-refractivity contribution >= 4 is 27.3 Å². The molecule has 0 aliphatic heterocycles. The van der Waals surface area contributed by atoms with E-state index in [0.29, 0.717) is 17.9 Å². The quantitative estimate of drug-likeness (QED) is 0.683. The summed E-state index contributed by atoms with van der Waals surface area (Å²) < 4.78 is 2.98. The number of para-hydroxylation sites is 1. The maximum absolute atomic E-state index is 13.1. The third kappa shape index (κ3) is 2.17. The van der Waals surface area contributed by atoms with Crippen LogP contribution in [0.3, 0.4) is 0 Å². The fourth-order valence-corrected chi connectivity index (χ4v) is 4.86. The minimum absolute atomic E-state index is 0.0620. The van der Waals surface area contributed by atoms with Crippen molar-refractivity contribution in [3.63, 3.8) is 0 Å². The Morgan fingerprint density at radius 2 is 2.08 bits per heavy atom. The Morgan fingerprint density at radius 3 is 2.77 bits per heavy atom. The lowest BCUT2D eigenvalue weighted by Gasteiger charge is -2.33. The molecule has 0 saturated heterocycles. The monoisotopic (exact) mass is 362 g/mol. The normalized spacial score (nSPS) is 21.6. The summed E-state index contributed by atoms with van der Waals surface area (Å²) in [6.45, 7) is 3.99. The fraction of sp³-hybridized carbons (Fsp3) is 0.400. The zero-order valence-electron chi connectivity index (χ0n) is 14.7. The van der Waals surface area contributed by atoms with Crippen LogP contribution in [-0.2, 0) is 6.42 Å². The van der Waals surface area contributed by atoms with Gasteiger partial charge in [-0.3, -0.25) is 4.79 Å². The number of hydrogen-bond acceptors (Lipinski definition) is 5. The van der Waals surface area contributed by atoms with Gasteiger partial charge in [-0.25, -0.2) is 9.67 Å². The second kappa shape index (κ2) is 5.24. The Hall–Kier alpha value is -2.52. The SMILES string of the molecule is CC1(C)Cc2c(c(C3CC3)nn2-c2nc3ccccc3s2)C(=O)C1C#N. The molecule has 2 aliphatic rings. The van der Waals surface area contributed by atoms with Crippen molar-refractivity contribution in [2.45, 2.75) is 39.0 Å². The second-order valence-corrected chi connectivity index (χ2v) is 8.96. The van der Waals surface area contributed by atoms with Crippen LogP contribution in [0, 0.1) is 22.7 Å². The molecule has 130 valence electrons. The molecule has 0 N–H and O–H groups in total. The van der Waals surface area contributed by atoms with Gasteiger partial charge in [0, 0.05) is 5.92 Å². The van der Waals surface area contributed by atoms with Crippen LogP contribution in [0.2, 0.25) is 0 Å². The van der Waals surface area contributed by atoms with Gasteiger partial charge in [-0.05, 0) is 36.8 Å². The average Bonchev–Trinajstić information content (AvgIpc) is 3.24. The van der Waals surface area contributed by atoms with E-state index >= 15 is 0 Å². The highest BCUT2D eigenvalue weighted by Crippen LogP contribution is 2.47. The summed E-state index contributed by atoms with van der Waals surface area (Å²) >= 11 is 1.59. The van der Waals surface area contributed by atoms with Gasteiger partial charge >= 0.3 is 0 Å². The van der Waals surface area contributed by atoms with Gasteiger partial charge in [0.15, 0.2) is 5.78 Å². The van der Waals surface area contributed by atoms with Gasteiger partial charge in [0.05, 0.1) is 33.2 Å². The summed E-state index contributed by atoms with van der Waals surface area (Å²) in [4.78, 5) is 17.9. The summed E-state index contributed by atoms with van der Waals surface area (Å²) in [5.74, 6) is -0.322. The van der Waals surface area contributed by atoms with Crippen LogP contribution in [0.15, 0.2) is 24.3 Å². The summed E-state index contributed by atoms with van der Waals surface area (Å²) in [6.07, 6.45) is 2.79. The molecule has 2 heterocycles. The molecule has 6 heteroatoms. The Morgan fingerprint density at radius 1 is 1.31 bits per heavy atom. The topological polar surface area (TPSA) is 71.6 Å². The molecule has 0 radical (unpaired) electrons. The molecule has 0 spiro atoms. The third-order valence-corrected chi connectivity index (χ3v) is 6.49. The summed E-state index contributed by atoms with van der Waals surface area (Å²) in [7, 11) is 0. The number of hydrogen-bond donors (Lipinski definition) is 0. The summed E-state index contributed by atoms with van der Waals surface area (Å²) in [5.41, 5.74) is 3.03. The summed E-state index contributed by atoms with van der Waals surface area (Å²) in [5, 5.41) is 15.2. The van der Waals surface area contributed by atoms with Crippen LogP contribution in [0.25, 0.3) is 15.3 Å². The minimum atomic E-state index is -0.611. The van der Waals surface area contributed by atoms with Crippen LogP contribution in [-0.4, -0.2) is 20.5 Å². The molecule has 1 aromatic carbocycles. The highest BCUT2D eigenvalue weighted by Gasteiger charge is 2.47. The number of carbonyl (C=O) groups excluding carboxylic acids is 1. The zero-order chi connectivity index (χ0) is 18.1. The van der Waals surface area contributed by atoms with E-state index in [0.717, 1.165) is 39.6 Å². The molecule has 0 bridgehead atoms. The van der Waals surface area contributed by atoms with E-state index in [1.807, 2.05) is 36.7 Å². The van der Waals surface area contributed by atoms with Gasteiger partial charge in [-0.1, -0.05) is 37.3 Å². The largest absolute Gasteiger partial charge is 0.293 e. The van der Waals surface area contributed by atoms with Crippen molar-refractivity contribution in [1.29, 1.82) is 5.26 Å². The molecular weight excluding hydrogens is 344 g/mol. The van der Waals surface area contributed by atoms with Gasteiger partial charge in [0.2, 0.25) is 5.13 Å². The number of rotatable bonds is 2. The number of benzene rings is 1. The molecule has 5 rings (SSSR count). The second-order valence-electron chi connectivity index (χ2n) is 7.95. The predicted octanol–water partition coefficient (Wildman–Crippen LogP) is 4.26. The van der Waals surface area contributed by atoms with Crippen molar-refractivity contribution in [2.75, 3.05) is 0 Å². The number of aromatic nitrogens is 3. The first-order valence-electron chi connectivity index (χ1n) is 8.91. The number of nitriles is 1. The van der Waals surface area contributed by atoms with Crippen LogP contribution >= 0.6 is 11.3 Å². The van der Waals surface area contributed by atoms with Crippen LogP contribution < -0.4 is 0 Å². The molecular formula is C20H18N4OS. The van der Waals surface area contributed by atoms with E-state index < -0.39 is 11.3 Å². The maximum atomic E-state index is 13.1. The first kappa shape index (κ1) is 15.7. The molecule has 0 amide bonds.